The van der Waals surface area contributed by atoms with E-state index in [-0.39, 0.29) is 20.4 Å². The van der Waals surface area contributed by atoms with Crippen LogP contribution in [0.5, 0.6) is 0 Å². The first-order valence-electron chi connectivity index (χ1n) is 3.20. The molecule has 54 valence electrons. The van der Waals surface area contributed by atoms with Gasteiger partial charge in [0.25, 0.3) is 0 Å². The zero-order valence-corrected chi connectivity index (χ0v) is 6.93. The third kappa shape index (κ3) is 4.63. The maximum absolute atomic E-state index is 3.21. The van der Waals surface area contributed by atoms with Gasteiger partial charge in [-0.1, -0.05) is 25.0 Å². The second-order valence-corrected chi connectivity index (χ2v) is 2.00. The summed E-state index contributed by atoms with van der Waals surface area (Å²) >= 11 is 0. The molecule has 0 radical (unpaired) electrons. The van der Waals surface area contributed by atoms with Gasteiger partial charge in [-0.2, -0.15) is 6.42 Å². The summed E-state index contributed by atoms with van der Waals surface area (Å²) in [6.45, 7) is 0. The minimum atomic E-state index is 0. The molecule has 1 rings (SSSR count). The van der Waals surface area contributed by atoms with Crippen LogP contribution < -0.4 is 0 Å². The van der Waals surface area contributed by atoms with E-state index in [1.54, 1.807) is 0 Å². The molecule has 1 aliphatic rings. The standard InChI is InChI=1S/C8H11.Pd/c1-2-4-6-8-7-5-3-1;/h1-2,7H,3-6H2;/q-1;. The van der Waals surface area contributed by atoms with Gasteiger partial charge in [0.15, 0.2) is 0 Å². The van der Waals surface area contributed by atoms with Crippen LogP contribution in [0.25, 0.3) is 0 Å². The van der Waals surface area contributed by atoms with Crippen molar-refractivity contribution in [1.82, 2.24) is 0 Å². The molecule has 0 bridgehead atoms. The minimum absolute atomic E-state index is 0. The summed E-state index contributed by atoms with van der Waals surface area (Å²) in [5.41, 5.74) is 0. The van der Waals surface area contributed by atoms with Gasteiger partial charge in [-0.25, -0.2) is 0 Å². The van der Waals surface area contributed by atoms with Crippen LogP contribution in [0.2, 0.25) is 0 Å². The molecule has 9 heavy (non-hydrogen) atoms. The van der Waals surface area contributed by atoms with Crippen molar-refractivity contribution in [3.8, 4) is 0 Å². The second-order valence-electron chi connectivity index (χ2n) is 2.00. The molecule has 0 aromatic heterocycles. The molecule has 0 spiro atoms. The number of hydrogen-bond acceptors (Lipinski definition) is 0. The maximum Gasteiger partial charge on any atom is 0 e. The third-order valence-corrected chi connectivity index (χ3v) is 1.24. The Bertz CT molecular complexity index is 77.1. The Labute approximate surface area is 70.7 Å². The molecule has 0 aliphatic heterocycles. The summed E-state index contributed by atoms with van der Waals surface area (Å²) in [4.78, 5) is 0. The largest absolute Gasteiger partial charge is 0.500 e. The molecule has 0 heterocycles. The van der Waals surface area contributed by atoms with Gasteiger partial charge in [0.05, 0.1) is 0 Å². The van der Waals surface area contributed by atoms with Gasteiger partial charge in [-0.15, -0.1) is 0 Å². The van der Waals surface area contributed by atoms with E-state index in [1.807, 2.05) is 0 Å². The van der Waals surface area contributed by atoms with E-state index >= 15 is 0 Å². The van der Waals surface area contributed by atoms with Crippen LogP contribution in [0, 0.1) is 6.08 Å². The van der Waals surface area contributed by atoms with E-state index in [0.29, 0.717) is 0 Å². The Hall–Kier alpha value is 0.142. The zero-order valence-electron chi connectivity index (χ0n) is 5.38. The van der Waals surface area contributed by atoms with Gasteiger partial charge in [0, 0.05) is 20.4 Å². The Balaban J connectivity index is 0.000000640. The minimum Gasteiger partial charge on any atom is -0.500 e. The van der Waals surface area contributed by atoms with Crippen molar-refractivity contribution in [3.63, 3.8) is 0 Å². The first kappa shape index (κ1) is 9.14. The van der Waals surface area contributed by atoms with Gasteiger partial charge in [0.1, 0.15) is 0 Å². The van der Waals surface area contributed by atoms with Gasteiger partial charge >= 0.3 is 0 Å². The predicted molar refractivity (Wildman–Crippen MR) is 35.4 cm³/mol. The summed E-state index contributed by atoms with van der Waals surface area (Å²) in [5.74, 6) is 0. The van der Waals surface area contributed by atoms with E-state index in [9.17, 15) is 0 Å². The molecule has 0 unspecified atom stereocenters. The van der Waals surface area contributed by atoms with Crippen molar-refractivity contribution in [2.45, 2.75) is 25.7 Å². The summed E-state index contributed by atoms with van der Waals surface area (Å²) in [7, 11) is 0. The van der Waals surface area contributed by atoms with Gasteiger partial charge in [-0.3, -0.25) is 6.08 Å². The molecule has 1 aliphatic carbocycles. The molecule has 0 nitrogen and oxygen atoms in total. The van der Waals surface area contributed by atoms with Crippen molar-refractivity contribution >= 4 is 0 Å². The summed E-state index contributed by atoms with van der Waals surface area (Å²) in [5, 5.41) is 0. The average molecular weight is 214 g/mol. The molecule has 0 aromatic rings. The molecule has 0 fully saturated rings. The third-order valence-electron chi connectivity index (χ3n) is 1.24. The fraction of sp³-hybridized carbons (Fsp3) is 0.500. The number of rotatable bonds is 0. The number of allylic oxidation sites excluding steroid dienone is 4. The maximum atomic E-state index is 3.21. The topological polar surface area (TPSA) is 0 Å². The van der Waals surface area contributed by atoms with Crippen LogP contribution in [-0.2, 0) is 20.4 Å². The fourth-order valence-electron chi connectivity index (χ4n) is 0.786. The zero-order chi connectivity index (χ0) is 5.66. The average Bonchev–Trinajstić information content (AvgIpc) is 1.62. The molecule has 0 saturated carbocycles. The number of hydrogen-bond donors (Lipinski definition) is 0. The normalized spacial score (nSPS) is 17.8. The van der Waals surface area contributed by atoms with Crippen LogP contribution in [0.4, 0.5) is 0 Å². The SMILES string of the molecule is [C-]1=CCCC=CCC1.[Pd]. The molecule has 0 aromatic carbocycles. The first-order chi connectivity index (χ1) is 4.00. The van der Waals surface area contributed by atoms with E-state index < -0.39 is 0 Å². The van der Waals surface area contributed by atoms with E-state index in [2.05, 4.69) is 24.3 Å². The Morgan fingerprint density at radius 2 is 1.78 bits per heavy atom. The van der Waals surface area contributed by atoms with E-state index in [0.717, 1.165) is 6.42 Å². The molecule has 0 saturated heterocycles. The second kappa shape index (κ2) is 6.27. The predicted octanol–water partition coefficient (Wildman–Crippen LogP) is 2.47. The van der Waals surface area contributed by atoms with Crippen LogP contribution in [0.1, 0.15) is 25.7 Å². The molecule has 1 heteroatoms. The quantitative estimate of drug-likeness (QED) is 0.330. The fourth-order valence-corrected chi connectivity index (χ4v) is 0.786. The first-order valence-corrected chi connectivity index (χ1v) is 3.20. The summed E-state index contributed by atoms with van der Waals surface area (Å²) < 4.78 is 0. The smallest absolute Gasteiger partial charge is 0 e. The molecule has 0 N–H and O–H groups in total. The molecular formula is C8H11Pd-. The molecule has 0 amide bonds. The van der Waals surface area contributed by atoms with Gasteiger partial charge in [0.2, 0.25) is 0 Å². The Morgan fingerprint density at radius 3 is 2.67 bits per heavy atom. The molecular weight excluding hydrogens is 203 g/mol. The van der Waals surface area contributed by atoms with Crippen molar-refractivity contribution in [2.75, 3.05) is 0 Å². The van der Waals surface area contributed by atoms with Gasteiger partial charge in [-0.05, 0) is 6.42 Å². The van der Waals surface area contributed by atoms with Crippen molar-refractivity contribution in [3.05, 3.63) is 24.3 Å². The summed E-state index contributed by atoms with van der Waals surface area (Å²) in [6, 6.07) is 0. The van der Waals surface area contributed by atoms with E-state index in [1.165, 1.54) is 19.3 Å². The Kier molecular flexibility index (Phi) is 6.36. The Morgan fingerprint density at radius 1 is 1.00 bits per heavy atom. The van der Waals surface area contributed by atoms with Crippen molar-refractivity contribution < 1.29 is 20.4 Å². The molecule has 0 atom stereocenters. The van der Waals surface area contributed by atoms with Crippen LogP contribution in [0.15, 0.2) is 18.2 Å². The van der Waals surface area contributed by atoms with E-state index in [4.69, 9.17) is 0 Å². The van der Waals surface area contributed by atoms with Crippen LogP contribution in [-0.4, -0.2) is 0 Å². The van der Waals surface area contributed by atoms with Crippen LogP contribution in [0.3, 0.4) is 0 Å². The monoisotopic (exact) mass is 213 g/mol. The van der Waals surface area contributed by atoms with Crippen molar-refractivity contribution in [2.24, 2.45) is 0 Å². The van der Waals surface area contributed by atoms with Gasteiger partial charge < -0.3 is 6.08 Å². The van der Waals surface area contributed by atoms with Crippen molar-refractivity contribution in [1.29, 1.82) is 0 Å². The van der Waals surface area contributed by atoms with Crippen LogP contribution >= 0.6 is 0 Å². The summed E-state index contributed by atoms with van der Waals surface area (Å²) in [6.07, 6.45) is 14.5.